The van der Waals surface area contributed by atoms with Gasteiger partial charge in [-0.25, -0.2) is 14.4 Å². The molecule has 1 aliphatic carbocycles. The number of anilines is 3. The number of rotatable bonds is 2. The lowest BCUT2D eigenvalue weighted by Crippen LogP contribution is -2.46. The summed E-state index contributed by atoms with van der Waals surface area (Å²) < 4.78 is 13.7. The standard InChI is InChI=1S/C23H25FN6O/c1-23(2)9-15-18(16(31)10-23)17(12-5-7-13(24)8-6-12)19-20(26)14(11-25)21(27)28-22(19)30(15)29(3)4/h5-8,17H,9-10H2,1-4H3,(H4,26,27,28). The van der Waals surface area contributed by atoms with Crippen molar-refractivity contribution >= 4 is 23.1 Å². The molecule has 2 aliphatic rings. The lowest BCUT2D eigenvalue weighted by Gasteiger charge is -2.46. The predicted molar refractivity (Wildman–Crippen MR) is 117 cm³/mol. The highest BCUT2D eigenvalue weighted by molar-refractivity contribution is 6.02. The van der Waals surface area contributed by atoms with E-state index in [1.54, 1.807) is 12.1 Å². The molecule has 1 aromatic carbocycles. The molecule has 1 aromatic heterocycles. The molecule has 0 bridgehead atoms. The van der Waals surface area contributed by atoms with Gasteiger partial charge in [-0.3, -0.25) is 9.80 Å². The molecule has 1 aliphatic heterocycles. The summed E-state index contributed by atoms with van der Waals surface area (Å²) in [5.74, 6) is -0.411. The topological polar surface area (TPSA) is 112 Å². The fraction of sp³-hybridized carbons (Fsp3) is 0.348. The Morgan fingerprint density at radius 3 is 2.45 bits per heavy atom. The van der Waals surface area contributed by atoms with Gasteiger partial charge >= 0.3 is 0 Å². The van der Waals surface area contributed by atoms with E-state index in [-0.39, 0.29) is 34.1 Å². The summed E-state index contributed by atoms with van der Waals surface area (Å²) in [4.78, 5) is 18.0. The molecule has 0 spiro atoms. The number of pyridine rings is 1. The normalized spacial score (nSPS) is 19.8. The van der Waals surface area contributed by atoms with Crippen molar-refractivity contribution in [1.29, 1.82) is 5.26 Å². The first-order chi connectivity index (χ1) is 14.6. The van der Waals surface area contributed by atoms with Crippen LogP contribution in [0.3, 0.4) is 0 Å². The van der Waals surface area contributed by atoms with Gasteiger partial charge in [0.25, 0.3) is 0 Å². The Labute approximate surface area is 180 Å². The number of nitrogens with two attached hydrogens (primary N) is 2. The van der Waals surface area contributed by atoms with Crippen LogP contribution in [-0.4, -0.2) is 29.9 Å². The second-order valence-corrected chi connectivity index (χ2v) is 9.08. The quantitative estimate of drug-likeness (QED) is 0.766. The van der Waals surface area contributed by atoms with E-state index in [1.165, 1.54) is 12.1 Å². The number of nitrogens with zero attached hydrogens (tertiary/aromatic N) is 4. The molecule has 7 nitrogen and oxygen atoms in total. The number of nitrogen functional groups attached to an aromatic ring is 2. The van der Waals surface area contributed by atoms with Gasteiger partial charge in [0.05, 0.1) is 5.69 Å². The lowest BCUT2D eigenvalue weighted by molar-refractivity contribution is -0.118. The van der Waals surface area contributed by atoms with Crippen molar-refractivity contribution in [2.24, 2.45) is 5.41 Å². The highest BCUT2D eigenvalue weighted by Gasteiger charge is 2.46. The van der Waals surface area contributed by atoms with Crippen molar-refractivity contribution in [3.63, 3.8) is 0 Å². The number of carbonyl (C=O) groups excluding carboxylic acids is 1. The Balaban J connectivity index is 2.12. The molecule has 2 heterocycles. The Kier molecular flexibility index (Phi) is 4.74. The largest absolute Gasteiger partial charge is 0.397 e. The average Bonchev–Trinajstić information content (AvgIpc) is 2.66. The van der Waals surface area contributed by atoms with Gasteiger partial charge in [-0.05, 0) is 29.5 Å². The first-order valence-corrected chi connectivity index (χ1v) is 10.0. The maximum Gasteiger partial charge on any atom is 0.162 e. The zero-order valence-electron chi connectivity index (χ0n) is 18.0. The number of hydrazine groups is 1. The van der Waals surface area contributed by atoms with Crippen LogP contribution in [0.4, 0.5) is 21.7 Å². The first kappa shape index (κ1) is 20.8. The van der Waals surface area contributed by atoms with E-state index < -0.39 is 5.92 Å². The summed E-state index contributed by atoms with van der Waals surface area (Å²) in [5, 5.41) is 13.3. The molecular formula is C23H25FN6O. The van der Waals surface area contributed by atoms with Crippen molar-refractivity contribution in [3.8, 4) is 6.07 Å². The van der Waals surface area contributed by atoms with Crippen LogP contribution in [-0.2, 0) is 4.79 Å². The molecule has 160 valence electrons. The van der Waals surface area contributed by atoms with E-state index in [2.05, 4.69) is 18.8 Å². The second-order valence-electron chi connectivity index (χ2n) is 9.08. The van der Waals surface area contributed by atoms with Crippen LogP contribution in [0.2, 0.25) is 0 Å². The summed E-state index contributed by atoms with van der Waals surface area (Å²) in [5.41, 5.74) is 15.3. The highest BCUT2D eigenvalue weighted by atomic mass is 19.1. The van der Waals surface area contributed by atoms with E-state index in [9.17, 15) is 14.4 Å². The zero-order chi connectivity index (χ0) is 22.7. The van der Waals surface area contributed by atoms with Gasteiger partial charge in [-0.2, -0.15) is 5.26 Å². The van der Waals surface area contributed by atoms with Gasteiger partial charge in [0.15, 0.2) is 11.6 Å². The van der Waals surface area contributed by atoms with E-state index in [0.717, 1.165) is 5.70 Å². The number of halogens is 1. The molecule has 8 heteroatoms. The number of allylic oxidation sites excluding steroid dienone is 2. The Bertz CT molecular complexity index is 1160. The predicted octanol–water partition coefficient (Wildman–Crippen LogP) is 3.33. The Morgan fingerprint density at radius 2 is 1.87 bits per heavy atom. The fourth-order valence-electron chi connectivity index (χ4n) is 4.70. The smallest absolute Gasteiger partial charge is 0.162 e. The number of hydrogen-bond acceptors (Lipinski definition) is 7. The Hall–Kier alpha value is -3.44. The summed E-state index contributed by atoms with van der Waals surface area (Å²) in [7, 11) is 3.70. The minimum Gasteiger partial charge on any atom is -0.397 e. The zero-order valence-corrected chi connectivity index (χ0v) is 18.0. The molecule has 0 radical (unpaired) electrons. The molecule has 0 saturated heterocycles. The van der Waals surface area contributed by atoms with Crippen molar-refractivity contribution < 1.29 is 9.18 Å². The van der Waals surface area contributed by atoms with E-state index in [0.29, 0.717) is 35.4 Å². The molecule has 1 unspecified atom stereocenters. The van der Waals surface area contributed by atoms with Crippen LogP contribution in [0, 0.1) is 22.6 Å². The molecule has 0 saturated carbocycles. The first-order valence-electron chi connectivity index (χ1n) is 10.0. The SMILES string of the molecule is CN(C)N1C2=C(C(=O)CC(C)(C)C2)C(c2ccc(F)cc2)c2c1nc(N)c(C#N)c2N. The third-order valence-electron chi connectivity index (χ3n) is 5.93. The molecule has 0 amide bonds. The Morgan fingerprint density at radius 1 is 1.23 bits per heavy atom. The van der Waals surface area contributed by atoms with Crippen molar-refractivity contribution in [3.05, 3.63) is 58.0 Å². The minimum absolute atomic E-state index is 0.00723. The third-order valence-corrected chi connectivity index (χ3v) is 5.93. The monoisotopic (exact) mass is 420 g/mol. The van der Waals surface area contributed by atoms with E-state index in [1.807, 2.05) is 30.2 Å². The van der Waals surface area contributed by atoms with Gasteiger partial charge in [-0.1, -0.05) is 26.0 Å². The van der Waals surface area contributed by atoms with Crippen LogP contribution in [0.25, 0.3) is 0 Å². The summed E-state index contributed by atoms with van der Waals surface area (Å²) in [6.07, 6.45) is 1.03. The maximum atomic E-state index is 13.7. The third kappa shape index (κ3) is 3.22. The van der Waals surface area contributed by atoms with Crippen LogP contribution in [0.5, 0.6) is 0 Å². The van der Waals surface area contributed by atoms with Crippen molar-refractivity contribution in [1.82, 2.24) is 9.99 Å². The van der Waals surface area contributed by atoms with Crippen LogP contribution in [0.15, 0.2) is 35.5 Å². The molecule has 0 fully saturated rings. The molecule has 4 rings (SSSR count). The summed E-state index contributed by atoms with van der Waals surface area (Å²) in [6.45, 7) is 4.11. The van der Waals surface area contributed by atoms with Gasteiger partial charge in [0.1, 0.15) is 23.3 Å². The fourth-order valence-corrected chi connectivity index (χ4v) is 4.70. The average molecular weight is 420 g/mol. The van der Waals surface area contributed by atoms with Crippen LogP contribution >= 0.6 is 0 Å². The maximum absolute atomic E-state index is 13.7. The van der Waals surface area contributed by atoms with Gasteiger partial charge in [0, 0.05) is 43.3 Å². The number of nitriles is 1. The second kappa shape index (κ2) is 7.06. The molecule has 2 aromatic rings. The number of fused-ring (bicyclic) bond motifs is 1. The number of benzene rings is 1. The van der Waals surface area contributed by atoms with Crippen molar-refractivity contribution in [2.45, 2.75) is 32.6 Å². The highest BCUT2D eigenvalue weighted by Crippen LogP contribution is 2.53. The molecular weight excluding hydrogens is 395 g/mol. The van der Waals surface area contributed by atoms with Gasteiger partial charge in [0.2, 0.25) is 0 Å². The van der Waals surface area contributed by atoms with Crippen LogP contribution in [0.1, 0.15) is 49.3 Å². The number of Topliss-reactive ketones (excluding diaryl/α,β-unsaturated/α-hetero) is 1. The number of ketones is 1. The lowest BCUT2D eigenvalue weighted by atomic mass is 9.68. The summed E-state index contributed by atoms with van der Waals surface area (Å²) >= 11 is 0. The number of hydrogen-bond donors (Lipinski definition) is 2. The van der Waals surface area contributed by atoms with E-state index >= 15 is 0 Å². The van der Waals surface area contributed by atoms with E-state index in [4.69, 9.17) is 11.5 Å². The molecule has 31 heavy (non-hydrogen) atoms. The summed E-state index contributed by atoms with van der Waals surface area (Å²) in [6, 6.07) is 8.04. The van der Waals surface area contributed by atoms with Gasteiger partial charge in [-0.15, -0.1) is 0 Å². The minimum atomic E-state index is -0.564. The van der Waals surface area contributed by atoms with Crippen LogP contribution < -0.4 is 16.5 Å². The van der Waals surface area contributed by atoms with Crippen molar-refractivity contribution in [2.75, 3.05) is 30.6 Å². The number of carbonyl (C=O) groups is 1. The molecule has 1 atom stereocenters. The van der Waals surface area contributed by atoms with Gasteiger partial charge < -0.3 is 11.5 Å². The molecule has 4 N–H and O–H groups in total. The number of aromatic nitrogens is 1.